The van der Waals surface area contributed by atoms with E-state index in [0.29, 0.717) is 12.1 Å². The second-order valence-corrected chi connectivity index (χ2v) is 7.29. The van der Waals surface area contributed by atoms with Crippen molar-refractivity contribution in [3.63, 3.8) is 0 Å². The van der Waals surface area contributed by atoms with Crippen molar-refractivity contribution in [3.05, 3.63) is 35.6 Å². The lowest BCUT2D eigenvalue weighted by Gasteiger charge is -2.26. The summed E-state index contributed by atoms with van der Waals surface area (Å²) in [5.41, 5.74) is 0.341. The summed E-state index contributed by atoms with van der Waals surface area (Å²) in [5, 5.41) is 6.66. The van der Waals surface area contributed by atoms with Crippen LogP contribution in [0, 0.1) is 5.82 Å². The average Bonchev–Trinajstić information content (AvgIpc) is 2.64. The number of benzene rings is 1. The highest BCUT2D eigenvalue weighted by Crippen LogP contribution is 2.25. The number of rotatable bonds is 8. The topological polar surface area (TPSA) is 48.9 Å². The van der Waals surface area contributed by atoms with Crippen LogP contribution >= 0.6 is 0 Å². The van der Waals surface area contributed by atoms with Crippen molar-refractivity contribution in [2.75, 3.05) is 52.5 Å². The van der Waals surface area contributed by atoms with E-state index in [9.17, 15) is 4.39 Å². The van der Waals surface area contributed by atoms with Gasteiger partial charge in [-0.1, -0.05) is 32.0 Å². The third-order valence-corrected chi connectivity index (χ3v) is 4.63. The lowest BCUT2D eigenvalue weighted by Crippen LogP contribution is -2.41. The molecular formula is C20H33FN4O. The van der Waals surface area contributed by atoms with Gasteiger partial charge in [-0.2, -0.15) is 0 Å². The molecule has 0 aromatic heterocycles. The maximum atomic E-state index is 14.1. The summed E-state index contributed by atoms with van der Waals surface area (Å²) in [6, 6.07) is 6.95. The van der Waals surface area contributed by atoms with E-state index >= 15 is 0 Å². The molecule has 1 heterocycles. The monoisotopic (exact) mass is 364 g/mol. The fraction of sp³-hybridized carbons (Fsp3) is 0.650. The molecule has 1 aromatic rings. The lowest BCUT2D eigenvalue weighted by atomic mass is 9.84. The zero-order valence-corrected chi connectivity index (χ0v) is 16.4. The molecule has 1 aromatic carbocycles. The van der Waals surface area contributed by atoms with Crippen molar-refractivity contribution in [2.45, 2.75) is 32.6 Å². The van der Waals surface area contributed by atoms with E-state index in [2.05, 4.69) is 20.5 Å². The second-order valence-electron chi connectivity index (χ2n) is 7.29. The quantitative estimate of drug-likeness (QED) is 0.422. The van der Waals surface area contributed by atoms with E-state index in [1.165, 1.54) is 6.07 Å². The van der Waals surface area contributed by atoms with E-state index in [0.717, 1.165) is 58.3 Å². The standard InChI is InChI=1S/C20H33FN4O/c1-4-22-19(23-10-7-11-25-12-14-26-15-13-25)24-16-20(2,3)17-8-5-6-9-18(17)21/h5-6,8-9H,4,7,10-16H2,1-3H3,(H2,22,23,24). The predicted octanol–water partition coefficient (Wildman–Crippen LogP) is 2.38. The van der Waals surface area contributed by atoms with Gasteiger partial charge in [0.15, 0.2) is 5.96 Å². The van der Waals surface area contributed by atoms with Crippen molar-refractivity contribution < 1.29 is 9.13 Å². The molecule has 5 nitrogen and oxygen atoms in total. The van der Waals surface area contributed by atoms with E-state index in [1.54, 1.807) is 6.07 Å². The van der Waals surface area contributed by atoms with E-state index in [4.69, 9.17) is 4.74 Å². The smallest absolute Gasteiger partial charge is 0.191 e. The molecule has 1 aliphatic rings. The number of aliphatic imine (C=N–C) groups is 1. The lowest BCUT2D eigenvalue weighted by molar-refractivity contribution is 0.0376. The summed E-state index contributed by atoms with van der Waals surface area (Å²) >= 11 is 0. The Morgan fingerprint density at radius 1 is 1.23 bits per heavy atom. The van der Waals surface area contributed by atoms with Crippen LogP contribution in [0.15, 0.2) is 29.3 Å². The first kappa shape index (κ1) is 20.6. The third kappa shape index (κ3) is 6.57. The number of morpholine rings is 1. The van der Waals surface area contributed by atoms with E-state index in [1.807, 2.05) is 32.9 Å². The molecule has 0 spiro atoms. The summed E-state index contributed by atoms with van der Waals surface area (Å²) in [6.45, 7) is 13.1. The van der Waals surface area contributed by atoms with Gasteiger partial charge in [-0.3, -0.25) is 9.89 Å². The predicted molar refractivity (Wildman–Crippen MR) is 105 cm³/mol. The Balaban J connectivity index is 1.84. The highest BCUT2D eigenvalue weighted by molar-refractivity contribution is 5.79. The summed E-state index contributed by atoms with van der Waals surface area (Å²) in [4.78, 5) is 7.11. The Morgan fingerprint density at radius 3 is 2.65 bits per heavy atom. The number of ether oxygens (including phenoxy) is 1. The van der Waals surface area contributed by atoms with Gasteiger partial charge in [0.05, 0.1) is 19.8 Å². The molecule has 0 atom stereocenters. The van der Waals surface area contributed by atoms with Crippen LogP contribution in [0.4, 0.5) is 4.39 Å². The molecule has 2 rings (SSSR count). The first-order valence-electron chi connectivity index (χ1n) is 9.60. The highest BCUT2D eigenvalue weighted by Gasteiger charge is 2.23. The molecule has 1 aliphatic heterocycles. The summed E-state index contributed by atoms with van der Waals surface area (Å²) in [5.74, 6) is 0.620. The van der Waals surface area contributed by atoms with Gasteiger partial charge < -0.3 is 15.4 Å². The largest absolute Gasteiger partial charge is 0.379 e. The molecule has 0 saturated carbocycles. The zero-order valence-electron chi connectivity index (χ0n) is 16.4. The number of nitrogens with one attached hydrogen (secondary N) is 2. The maximum absolute atomic E-state index is 14.1. The Morgan fingerprint density at radius 2 is 1.96 bits per heavy atom. The molecule has 0 aliphatic carbocycles. The van der Waals surface area contributed by atoms with Gasteiger partial charge in [0.25, 0.3) is 0 Å². The van der Waals surface area contributed by atoms with Crippen LogP contribution in [0.2, 0.25) is 0 Å². The van der Waals surface area contributed by atoms with Gasteiger partial charge in [-0.05, 0) is 31.5 Å². The van der Waals surface area contributed by atoms with Crippen LogP contribution in [-0.2, 0) is 10.2 Å². The van der Waals surface area contributed by atoms with Crippen molar-refractivity contribution in [3.8, 4) is 0 Å². The Kier molecular flexibility index (Phi) is 8.32. The molecule has 1 fully saturated rings. The Bertz CT molecular complexity index is 571. The summed E-state index contributed by atoms with van der Waals surface area (Å²) in [7, 11) is 0. The van der Waals surface area contributed by atoms with E-state index in [-0.39, 0.29) is 11.2 Å². The number of hydrogen-bond acceptors (Lipinski definition) is 3. The maximum Gasteiger partial charge on any atom is 0.191 e. The Labute approximate surface area is 157 Å². The molecule has 1 saturated heterocycles. The average molecular weight is 365 g/mol. The highest BCUT2D eigenvalue weighted by atomic mass is 19.1. The van der Waals surface area contributed by atoms with Crippen LogP contribution in [0.1, 0.15) is 32.8 Å². The van der Waals surface area contributed by atoms with Crippen molar-refractivity contribution in [2.24, 2.45) is 4.99 Å². The second kappa shape index (κ2) is 10.5. The van der Waals surface area contributed by atoms with Crippen LogP contribution < -0.4 is 10.6 Å². The van der Waals surface area contributed by atoms with Crippen molar-refractivity contribution in [1.29, 1.82) is 0 Å². The normalized spacial score (nSPS) is 16.5. The van der Waals surface area contributed by atoms with Crippen LogP contribution in [-0.4, -0.2) is 63.3 Å². The SMILES string of the molecule is CCNC(=NCC(C)(C)c1ccccc1F)NCCCN1CCOCC1. The number of guanidine groups is 1. The number of halogens is 1. The summed E-state index contributed by atoms with van der Waals surface area (Å²) in [6.07, 6.45) is 1.06. The van der Waals surface area contributed by atoms with Gasteiger partial charge in [0.2, 0.25) is 0 Å². The fourth-order valence-electron chi connectivity index (χ4n) is 3.05. The molecule has 146 valence electrons. The summed E-state index contributed by atoms with van der Waals surface area (Å²) < 4.78 is 19.5. The van der Waals surface area contributed by atoms with Crippen molar-refractivity contribution in [1.82, 2.24) is 15.5 Å². The van der Waals surface area contributed by atoms with Gasteiger partial charge in [-0.15, -0.1) is 0 Å². The first-order chi connectivity index (χ1) is 12.5. The molecule has 0 unspecified atom stereocenters. The first-order valence-corrected chi connectivity index (χ1v) is 9.60. The Hall–Kier alpha value is -1.66. The number of nitrogens with zero attached hydrogens (tertiary/aromatic N) is 2. The van der Waals surface area contributed by atoms with Gasteiger partial charge >= 0.3 is 0 Å². The van der Waals surface area contributed by atoms with E-state index < -0.39 is 0 Å². The van der Waals surface area contributed by atoms with Crippen LogP contribution in [0.5, 0.6) is 0 Å². The van der Waals surface area contributed by atoms with Crippen molar-refractivity contribution >= 4 is 5.96 Å². The zero-order chi connectivity index (χ0) is 18.8. The molecule has 26 heavy (non-hydrogen) atoms. The third-order valence-electron chi connectivity index (χ3n) is 4.63. The van der Waals surface area contributed by atoms with Crippen LogP contribution in [0.3, 0.4) is 0 Å². The van der Waals surface area contributed by atoms with Crippen LogP contribution in [0.25, 0.3) is 0 Å². The molecular weight excluding hydrogens is 331 g/mol. The van der Waals surface area contributed by atoms with Gasteiger partial charge in [0, 0.05) is 31.6 Å². The molecule has 0 bridgehead atoms. The fourth-order valence-corrected chi connectivity index (χ4v) is 3.05. The van der Waals surface area contributed by atoms with Gasteiger partial charge in [0.1, 0.15) is 5.82 Å². The molecule has 0 amide bonds. The molecule has 0 radical (unpaired) electrons. The minimum Gasteiger partial charge on any atom is -0.379 e. The minimum atomic E-state index is -0.360. The van der Waals surface area contributed by atoms with Gasteiger partial charge in [-0.25, -0.2) is 4.39 Å². The number of hydrogen-bond donors (Lipinski definition) is 2. The molecule has 2 N–H and O–H groups in total. The molecule has 6 heteroatoms. The minimum absolute atomic E-state index is 0.170.